The van der Waals surface area contributed by atoms with Crippen LogP contribution in [0.4, 0.5) is 0 Å². The molecule has 0 radical (unpaired) electrons. The molecule has 6 aromatic rings. The number of hydrogen-bond donors (Lipinski definition) is 0. The van der Waals surface area contributed by atoms with Crippen LogP contribution in [-0.2, 0) is 0 Å². The molecule has 0 spiro atoms. The van der Waals surface area contributed by atoms with Crippen LogP contribution >= 0.6 is 11.3 Å². The monoisotopic (exact) mass is 439 g/mol. The fraction of sp³-hybridized carbons (Fsp3) is 0. The van der Waals surface area contributed by atoms with Crippen LogP contribution < -0.4 is 0 Å². The molecule has 0 aliphatic heterocycles. The number of fused-ring (bicyclic) bond motifs is 1. The zero-order valence-electron chi connectivity index (χ0n) is 18.0. The van der Waals surface area contributed by atoms with E-state index in [9.17, 15) is 0 Å². The third kappa shape index (κ3) is 3.65. The predicted molar refractivity (Wildman–Crippen MR) is 141 cm³/mol. The fourth-order valence-electron chi connectivity index (χ4n) is 4.36. The lowest BCUT2D eigenvalue weighted by atomic mass is 9.97. The normalized spacial score (nSPS) is 11.0. The predicted octanol–water partition coefficient (Wildman–Crippen LogP) is 8.96. The summed E-state index contributed by atoms with van der Waals surface area (Å²) < 4.78 is 0. The van der Waals surface area contributed by atoms with Gasteiger partial charge in [-0.25, -0.2) is 4.98 Å². The van der Waals surface area contributed by atoms with Gasteiger partial charge in [0.25, 0.3) is 0 Å². The number of thiophene rings is 1. The van der Waals surface area contributed by atoms with Gasteiger partial charge in [0.05, 0.1) is 16.3 Å². The van der Waals surface area contributed by atoms with Gasteiger partial charge in [0.15, 0.2) is 0 Å². The van der Waals surface area contributed by atoms with Crippen molar-refractivity contribution in [2.75, 3.05) is 0 Å². The first-order valence-corrected chi connectivity index (χ1v) is 11.9. The summed E-state index contributed by atoms with van der Waals surface area (Å²) in [6.45, 7) is 0. The molecule has 4 aromatic carbocycles. The molecule has 156 valence electrons. The third-order valence-corrected chi connectivity index (χ3v) is 7.21. The summed E-state index contributed by atoms with van der Waals surface area (Å²) in [5.41, 5.74) is 6.89. The van der Waals surface area contributed by atoms with E-state index in [-0.39, 0.29) is 0 Å². The van der Waals surface area contributed by atoms with Crippen LogP contribution in [0.1, 0.15) is 0 Å². The SMILES string of the molecule is c1ccc(-c2cccc(-c3sc(-c4ccccc4-c4ccccc4)c4ccccc34)n2)cc1. The van der Waals surface area contributed by atoms with Gasteiger partial charge in [-0.1, -0.05) is 115 Å². The van der Waals surface area contributed by atoms with Crippen LogP contribution in [0.2, 0.25) is 0 Å². The van der Waals surface area contributed by atoms with Gasteiger partial charge in [0.2, 0.25) is 0 Å². The van der Waals surface area contributed by atoms with Crippen molar-refractivity contribution < 1.29 is 0 Å². The number of benzene rings is 4. The minimum Gasteiger partial charge on any atom is -0.247 e. The summed E-state index contributed by atoms with van der Waals surface area (Å²) in [6.07, 6.45) is 0. The van der Waals surface area contributed by atoms with E-state index in [1.807, 2.05) is 17.4 Å². The lowest BCUT2D eigenvalue weighted by molar-refractivity contribution is 1.34. The van der Waals surface area contributed by atoms with Gasteiger partial charge in [0.1, 0.15) is 0 Å². The van der Waals surface area contributed by atoms with Crippen LogP contribution in [0.5, 0.6) is 0 Å². The molecule has 0 amide bonds. The lowest BCUT2D eigenvalue weighted by Crippen LogP contribution is -1.86. The highest BCUT2D eigenvalue weighted by Gasteiger charge is 2.17. The summed E-state index contributed by atoms with van der Waals surface area (Å²) in [5, 5.41) is 2.52. The molecule has 2 aromatic heterocycles. The second-order valence-corrected chi connectivity index (χ2v) is 9.01. The maximum Gasteiger partial charge on any atom is 0.0815 e. The summed E-state index contributed by atoms with van der Waals surface area (Å²) >= 11 is 1.83. The zero-order valence-corrected chi connectivity index (χ0v) is 18.8. The molecule has 0 saturated heterocycles. The summed E-state index contributed by atoms with van der Waals surface area (Å²) in [5.74, 6) is 0. The Morgan fingerprint density at radius 1 is 0.394 bits per heavy atom. The Kier molecular flexibility index (Phi) is 5.06. The standard InChI is InChI=1S/C31H21NS/c1-3-12-22(13-4-1)24-16-7-8-17-25(24)30-26-18-9-10-19-27(26)31(33-30)29-21-11-20-28(32-29)23-14-5-2-6-15-23/h1-21H. The molecule has 0 aliphatic rings. The molecular weight excluding hydrogens is 418 g/mol. The molecule has 0 bridgehead atoms. The van der Waals surface area contributed by atoms with Crippen LogP contribution in [0, 0.1) is 0 Å². The van der Waals surface area contributed by atoms with Crippen molar-refractivity contribution in [2.45, 2.75) is 0 Å². The molecule has 0 fully saturated rings. The molecule has 1 nitrogen and oxygen atoms in total. The van der Waals surface area contributed by atoms with Gasteiger partial charge in [-0.15, -0.1) is 11.3 Å². The molecule has 6 rings (SSSR count). The lowest BCUT2D eigenvalue weighted by Gasteiger charge is -2.09. The Morgan fingerprint density at radius 2 is 0.939 bits per heavy atom. The highest BCUT2D eigenvalue weighted by atomic mass is 32.1. The molecule has 33 heavy (non-hydrogen) atoms. The number of pyridine rings is 1. The molecule has 0 saturated carbocycles. The van der Waals surface area contributed by atoms with Gasteiger partial charge in [-0.05, 0) is 23.3 Å². The number of rotatable bonds is 4. The molecule has 2 heteroatoms. The van der Waals surface area contributed by atoms with Crippen molar-refractivity contribution in [3.05, 3.63) is 127 Å². The smallest absolute Gasteiger partial charge is 0.0815 e. The highest BCUT2D eigenvalue weighted by molar-refractivity contribution is 7.21. The van der Waals surface area contributed by atoms with E-state index in [0.717, 1.165) is 17.0 Å². The Morgan fingerprint density at radius 3 is 1.67 bits per heavy atom. The summed E-state index contributed by atoms with van der Waals surface area (Å²) in [7, 11) is 0. The third-order valence-electron chi connectivity index (χ3n) is 5.93. The fourth-order valence-corrected chi connectivity index (χ4v) is 5.65. The van der Waals surface area contributed by atoms with E-state index < -0.39 is 0 Å². The minimum absolute atomic E-state index is 0.997. The largest absolute Gasteiger partial charge is 0.247 e. The minimum atomic E-state index is 0.997. The first-order valence-electron chi connectivity index (χ1n) is 11.1. The van der Waals surface area contributed by atoms with Crippen LogP contribution in [-0.4, -0.2) is 4.98 Å². The van der Waals surface area contributed by atoms with E-state index in [4.69, 9.17) is 4.98 Å². The molecule has 0 unspecified atom stereocenters. The van der Waals surface area contributed by atoms with E-state index >= 15 is 0 Å². The van der Waals surface area contributed by atoms with Crippen molar-refractivity contribution in [2.24, 2.45) is 0 Å². The Hall–Kier alpha value is -4.01. The molecule has 0 atom stereocenters. The average molecular weight is 440 g/mol. The van der Waals surface area contributed by atoms with Crippen LogP contribution in [0.3, 0.4) is 0 Å². The van der Waals surface area contributed by atoms with E-state index in [2.05, 4.69) is 121 Å². The van der Waals surface area contributed by atoms with Crippen molar-refractivity contribution in [1.82, 2.24) is 4.98 Å². The molecular formula is C31H21NS. The number of hydrogen-bond acceptors (Lipinski definition) is 2. The molecule has 2 heterocycles. The van der Waals surface area contributed by atoms with Gasteiger partial charge < -0.3 is 0 Å². The van der Waals surface area contributed by atoms with Crippen molar-refractivity contribution in [3.63, 3.8) is 0 Å². The first-order chi connectivity index (χ1) is 16.4. The van der Waals surface area contributed by atoms with E-state index in [1.165, 1.54) is 37.2 Å². The molecule has 0 N–H and O–H groups in total. The van der Waals surface area contributed by atoms with Gasteiger partial charge >= 0.3 is 0 Å². The second kappa shape index (κ2) is 8.50. The summed E-state index contributed by atoms with van der Waals surface area (Å²) in [4.78, 5) is 7.56. The number of nitrogens with zero attached hydrogens (tertiary/aromatic N) is 1. The van der Waals surface area contributed by atoms with Crippen LogP contribution in [0.25, 0.3) is 54.2 Å². The van der Waals surface area contributed by atoms with E-state index in [0.29, 0.717) is 0 Å². The van der Waals surface area contributed by atoms with Crippen molar-refractivity contribution in [1.29, 1.82) is 0 Å². The van der Waals surface area contributed by atoms with Crippen molar-refractivity contribution >= 4 is 22.1 Å². The first kappa shape index (κ1) is 19.7. The van der Waals surface area contributed by atoms with Gasteiger partial charge in [0, 0.05) is 26.8 Å². The Labute approximate surface area is 197 Å². The number of aromatic nitrogens is 1. The maximum absolute atomic E-state index is 5.06. The maximum atomic E-state index is 5.06. The summed E-state index contributed by atoms with van der Waals surface area (Å²) in [6, 6.07) is 44.7. The van der Waals surface area contributed by atoms with Crippen LogP contribution in [0.15, 0.2) is 127 Å². The highest BCUT2D eigenvalue weighted by Crippen LogP contribution is 2.46. The zero-order chi connectivity index (χ0) is 22.0. The molecule has 0 aliphatic carbocycles. The second-order valence-electron chi connectivity index (χ2n) is 7.99. The quantitative estimate of drug-likeness (QED) is 0.267. The van der Waals surface area contributed by atoms with E-state index in [1.54, 1.807) is 0 Å². The Balaban J connectivity index is 1.55. The van der Waals surface area contributed by atoms with Crippen molar-refractivity contribution in [3.8, 4) is 43.4 Å². The average Bonchev–Trinajstić information content (AvgIpc) is 3.29. The topological polar surface area (TPSA) is 12.9 Å². The van der Waals surface area contributed by atoms with Gasteiger partial charge in [-0.2, -0.15) is 0 Å². The van der Waals surface area contributed by atoms with Gasteiger partial charge in [-0.3, -0.25) is 0 Å². The Bertz CT molecular complexity index is 1550.